The third kappa shape index (κ3) is 5.38. The Morgan fingerprint density at radius 3 is 2.69 bits per heavy atom. The molecule has 4 rings (SSSR count). The fourth-order valence-electron chi connectivity index (χ4n) is 3.89. The Morgan fingerprint density at radius 1 is 1.16 bits per heavy atom. The molecule has 0 bridgehead atoms. The number of imidazole rings is 1. The molecule has 0 aliphatic carbocycles. The third-order valence-corrected chi connectivity index (χ3v) is 7.72. The van der Waals surface area contributed by atoms with Crippen LogP contribution >= 0.6 is 11.6 Å². The van der Waals surface area contributed by atoms with E-state index in [0.717, 1.165) is 11.1 Å². The van der Waals surface area contributed by atoms with Crippen LogP contribution in [-0.2, 0) is 27.9 Å². The second-order valence-electron chi connectivity index (χ2n) is 7.93. The fraction of sp³-hybridized carbons (Fsp3) is 0.304. The van der Waals surface area contributed by atoms with Gasteiger partial charge in [-0.2, -0.15) is 4.31 Å². The maximum absolute atomic E-state index is 13.0. The summed E-state index contributed by atoms with van der Waals surface area (Å²) in [6.07, 6.45) is 6.72. The zero-order valence-electron chi connectivity index (χ0n) is 17.5. The number of nitrogens with zero attached hydrogens (tertiary/aromatic N) is 3. The van der Waals surface area contributed by atoms with Gasteiger partial charge >= 0.3 is 0 Å². The standard InChI is InChI=1S/C23H25ClN4O3S/c24-21-6-8-22(9-7-21)32(30,31)28-11-2-5-20(16-28)23(29)26-14-18-3-1-4-19(13-18)15-27-12-10-25-17-27/h1,3-4,6-10,12-13,17,20H,2,5,11,14-16H2,(H,26,29). The zero-order chi connectivity index (χ0) is 22.6. The van der Waals surface area contributed by atoms with Gasteiger partial charge in [0.05, 0.1) is 17.1 Å². The van der Waals surface area contributed by atoms with Crippen molar-refractivity contribution in [2.24, 2.45) is 5.92 Å². The first-order valence-electron chi connectivity index (χ1n) is 10.5. The number of piperidine rings is 1. The average Bonchev–Trinajstić information content (AvgIpc) is 3.31. The minimum Gasteiger partial charge on any atom is -0.352 e. The number of rotatable bonds is 7. The van der Waals surface area contributed by atoms with E-state index in [1.807, 2.05) is 29.0 Å². The lowest BCUT2D eigenvalue weighted by molar-refractivity contribution is -0.126. The number of aromatic nitrogens is 2. The molecule has 1 amide bonds. The highest BCUT2D eigenvalue weighted by Crippen LogP contribution is 2.25. The van der Waals surface area contributed by atoms with Gasteiger partial charge in [-0.3, -0.25) is 4.79 Å². The molecule has 1 N–H and O–H groups in total. The van der Waals surface area contributed by atoms with Gasteiger partial charge < -0.3 is 9.88 Å². The number of benzene rings is 2. The van der Waals surface area contributed by atoms with Crippen LogP contribution in [0.3, 0.4) is 0 Å². The smallest absolute Gasteiger partial charge is 0.243 e. The molecule has 1 fully saturated rings. The molecular formula is C23H25ClN4O3S. The number of halogens is 1. The van der Waals surface area contributed by atoms with Gasteiger partial charge in [0, 0.05) is 43.6 Å². The van der Waals surface area contributed by atoms with E-state index in [1.54, 1.807) is 24.7 Å². The summed E-state index contributed by atoms with van der Waals surface area (Å²) in [6, 6.07) is 14.1. The van der Waals surface area contributed by atoms with E-state index in [4.69, 9.17) is 11.6 Å². The van der Waals surface area contributed by atoms with Gasteiger partial charge in [-0.15, -0.1) is 0 Å². The molecule has 1 aliphatic rings. The van der Waals surface area contributed by atoms with E-state index in [9.17, 15) is 13.2 Å². The Kier molecular flexibility index (Phi) is 6.93. The highest BCUT2D eigenvalue weighted by molar-refractivity contribution is 7.89. The Labute approximate surface area is 193 Å². The number of hydrogen-bond donors (Lipinski definition) is 1. The summed E-state index contributed by atoms with van der Waals surface area (Å²) >= 11 is 5.88. The van der Waals surface area contributed by atoms with Gasteiger partial charge in [-0.1, -0.05) is 35.9 Å². The molecule has 32 heavy (non-hydrogen) atoms. The average molecular weight is 473 g/mol. The number of amides is 1. The molecule has 2 heterocycles. The van der Waals surface area contributed by atoms with Crippen molar-refractivity contribution in [2.45, 2.75) is 30.8 Å². The normalized spacial score (nSPS) is 17.2. The molecule has 0 spiro atoms. The predicted octanol–water partition coefficient (Wildman–Crippen LogP) is 3.30. The number of carbonyl (C=O) groups excluding carboxylic acids is 1. The lowest BCUT2D eigenvalue weighted by Gasteiger charge is -2.31. The minimum absolute atomic E-state index is 0.124. The second-order valence-corrected chi connectivity index (χ2v) is 10.3. The molecule has 168 valence electrons. The Morgan fingerprint density at radius 2 is 1.94 bits per heavy atom. The van der Waals surface area contributed by atoms with Gasteiger partial charge in [0.2, 0.25) is 15.9 Å². The molecule has 9 heteroatoms. The van der Waals surface area contributed by atoms with Crippen molar-refractivity contribution < 1.29 is 13.2 Å². The van der Waals surface area contributed by atoms with E-state index < -0.39 is 10.0 Å². The van der Waals surface area contributed by atoms with Crippen LogP contribution in [0.15, 0.2) is 72.1 Å². The highest BCUT2D eigenvalue weighted by atomic mass is 35.5. The van der Waals surface area contributed by atoms with Crippen molar-refractivity contribution in [3.63, 3.8) is 0 Å². The summed E-state index contributed by atoms with van der Waals surface area (Å²) < 4.78 is 29.3. The second kappa shape index (κ2) is 9.85. The lowest BCUT2D eigenvalue weighted by atomic mass is 9.98. The summed E-state index contributed by atoms with van der Waals surface area (Å²) in [5.74, 6) is -0.499. The first-order valence-corrected chi connectivity index (χ1v) is 12.3. The first kappa shape index (κ1) is 22.5. The third-order valence-electron chi connectivity index (χ3n) is 5.59. The van der Waals surface area contributed by atoms with E-state index in [1.165, 1.54) is 16.4 Å². The molecular weight excluding hydrogens is 448 g/mol. The molecule has 1 aliphatic heterocycles. The van der Waals surface area contributed by atoms with Crippen LogP contribution in [0.4, 0.5) is 0 Å². The zero-order valence-corrected chi connectivity index (χ0v) is 19.1. The van der Waals surface area contributed by atoms with Crippen molar-refractivity contribution in [3.05, 3.63) is 83.4 Å². The van der Waals surface area contributed by atoms with Crippen LogP contribution in [0.25, 0.3) is 0 Å². The van der Waals surface area contributed by atoms with Crippen molar-refractivity contribution in [3.8, 4) is 0 Å². The maximum Gasteiger partial charge on any atom is 0.243 e. The molecule has 2 aromatic carbocycles. The molecule has 7 nitrogen and oxygen atoms in total. The summed E-state index contributed by atoms with van der Waals surface area (Å²) in [6.45, 7) is 1.70. The van der Waals surface area contributed by atoms with E-state index >= 15 is 0 Å². The van der Waals surface area contributed by atoms with E-state index in [2.05, 4.69) is 16.4 Å². The lowest BCUT2D eigenvalue weighted by Crippen LogP contribution is -2.45. The Balaban J connectivity index is 1.36. The summed E-state index contributed by atoms with van der Waals surface area (Å²) in [5, 5.41) is 3.46. The summed E-state index contributed by atoms with van der Waals surface area (Å²) in [5.41, 5.74) is 2.12. The van der Waals surface area contributed by atoms with Crippen molar-refractivity contribution in [1.29, 1.82) is 0 Å². The fourth-order valence-corrected chi connectivity index (χ4v) is 5.54. The minimum atomic E-state index is -3.66. The summed E-state index contributed by atoms with van der Waals surface area (Å²) in [7, 11) is -3.66. The van der Waals surface area contributed by atoms with Crippen molar-refractivity contribution in [1.82, 2.24) is 19.2 Å². The number of hydrogen-bond acceptors (Lipinski definition) is 4. The van der Waals surface area contributed by atoms with Gasteiger partial charge in [-0.05, 0) is 48.2 Å². The summed E-state index contributed by atoms with van der Waals surface area (Å²) in [4.78, 5) is 17.0. The Hall–Kier alpha value is -2.68. The van der Waals surface area contributed by atoms with Crippen LogP contribution in [0.5, 0.6) is 0 Å². The SMILES string of the molecule is O=C(NCc1cccc(Cn2ccnc2)c1)C1CCCN(S(=O)(=O)c2ccc(Cl)cc2)C1. The van der Waals surface area contributed by atoms with Crippen molar-refractivity contribution >= 4 is 27.5 Å². The molecule has 0 saturated carbocycles. The monoisotopic (exact) mass is 472 g/mol. The predicted molar refractivity (Wildman–Crippen MR) is 123 cm³/mol. The maximum atomic E-state index is 13.0. The van der Waals surface area contributed by atoms with Crippen LogP contribution in [0.1, 0.15) is 24.0 Å². The van der Waals surface area contributed by atoms with Gasteiger partial charge in [0.25, 0.3) is 0 Å². The Bertz CT molecular complexity index is 1160. The van der Waals surface area contributed by atoms with E-state index in [0.29, 0.717) is 37.5 Å². The molecule has 1 aromatic heterocycles. The molecule has 3 aromatic rings. The topological polar surface area (TPSA) is 84.3 Å². The van der Waals surface area contributed by atoms with Gasteiger partial charge in [0.15, 0.2) is 0 Å². The molecule has 0 radical (unpaired) electrons. The van der Waals surface area contributed by atoms with Crippen LogP contribution in [-0.4, -0.2) is 41.3 Å². The van der Waals surface area contributed by atoms with Crippen molar-refractivity contribution in [2.75, 3.05) is 13.1 Å². The highest BCUT2D eigenvalue weighted by Gasteiger charge is 2.33. The van der Waals surface area contributed by atoms with Gasteiger partial charge in [0.1, 0.15) is 0 Å². The molecule has 1 unspecified atom stereocenters. The molecule has 1 saturated heterocycles. The van der Waals surface area contributed by atoms with Crippen LogP contribution in [0, 0.1) is 5.92 Å². The number of nitrogens with one attached hydrogen (secondary N) is 1. The largest absolute Gasteiger partial charge is 0.352 e. The van der Waals surface area contributed by atoms with E-state index in [-0.39, 0.29) is 23.3 Å². The first-order chi connectivity index (χ1) is 15.4. The number of carbonyl (C=O) groups is 1. The van der Waals surface area contributed by atoms with Crippen LogP contribution in [0.2, 0.25) is 5.02 Å². The van der Waals surface area contributed by atoms with Gasteiger partial charge in [-0.25, -0.2) is 13.4 Å². The molecule has 1 atom stereocenters. The quantitative estimate of drug-likeness (QED) is 0.571. The number of sulfonamides is 1. The van der Waals surface area contributed by atoms with Crippen LogP contribution < -0.4 is 5.32 Å².